The van der Waals surface area contributed by atoms with Crippen molar-refractivity contribution in [2.75, 3.05) is 12.3 Å². The Balaban J connectivity index is 2.05. The molecule has 2 N–H and O–H groups in total. The molecule has 1 aliphatic rings. The van der Waals surface area contributed by atoms with E-state index in [-0.39, 0.29) is 12.1 Å². The normalized spacial score (nSPS) is 20.6. The predicted molar refractivity (Wildman–Crippen MR) is 46.4 cm³/mol. The first kappa shape index (κ1) is 8.95. The van der Waals surface area contributed by atoms with E-state index in [2.05, 4.69) is 20.1 Å². The van der Waals surface area contributed by atoms with Crippen molar-refractivity contribution in [2.24, 2.45) is 5.16 Å². The Labute approximate surface area is 79.8 Å². The zero-order valence-corrected chi connectivity index (χ0v) is 7.64. The van der Waals surface area contributed by atoms with Gasteiger partial charge in [0, 0.05) is 6.61 Å². The number of nitrogen functional groups attached to an aromatic ring is 1. The van der Waals surface area contributed by atoms with Gasteiger partial charge in [-0.15, -0.1) is 0 Å². The fourth-order valence-electron chi connectivity index (χ4n) is 1.17. The summed E-state index contributed by atoms with van der Waals surface area (Å²) >= 11 is 0. The minimum atomic E-state index is -0.355. The maximum atomic E-state index is 5.50. The summed E-state index contributed by atoms with van der Waals surface area (Å²) in [6, 6.07) is 0. The molecule has 0 spiro atoms. The third kappa shape index (κ3) is 1.53. The average Bonchev–Trinajstić information content (AvgIpc) is 2.74. The number of rotatable bonds is 3. The molecule has 1 unspecified atom stereocenters. The largest absolute Gasteiger partial charge is 0.379 e. The van der Waals surface area contributed by atoms with E-state index in [0.717, 1.165) is 0 Å². The maximum Gasteiger partial charge on any atom is 0.232 e. The SMILES string of the molecule is CCOC1CC(c2nonc2N)=NO1. The Hall–Kier alpha value is -1.63. The summed E-state index contributed by atoms with van der Waals surface area (Å²) < 4.78 is 9.67. The van der Waals surface area contributed by atoms with Gasteiger partial charge in [-0.25, -0.2) is 4.63 Å². The zero-order valence-electron chi connectivity index (χ0n) is 7.64. The quantitative estimate of drug-likeness (QED) is 0.742. The molecule has 1 aliphatic heterocycles. The van der Waals surface area contributed by atoms with Crippen LogP contribution in [0.1, 0.15) is 19.0 Å². The van der Waals surface area contributed by atoms with Gasteiger partial charge in [-0.2, -0.15) is 0 Å². The number of nitrogens with zero attached hydrogens (tertiary/aromatic N) is 3. The molecule has 0 bridgehead atoms. The number of ether oxygens (including phenoxy) is 1. The molecule has 76 valence electrons. The number of oxime groups is 1. The molecule has 7 heteroatoms. The van der Waals surface area contributed by atoms with Crippen molar-refractivity contribution in [1.82, 2.24) is 10.3 Å². The van der Waals surface area contributed by atoms with Crippen LogP contribution in [0.25, 0.3) is 0 Å². The fourth-order valence-corrected chi connectivity index (χ4v) is 1.17. The van der Waals surface area contributed by atoms with Crippen LogP contribution in [0.5, 0.6) is 0 Å². The van der Waals surface area contributed by atoms with Crippen LogP contribution in [0.2, 0.25) is 0 Å². The minimum Gasteiger partial charge on any atom is -0.379 e. The Morgan fingerprint density at radius 1 is 1.57 bits per heavy atom. The van der Waals surface area contributed by atoms with Crippen LogP contribution < -0.4 is 5.73 Å². The Morgan fingerprint density at radius 3 is 3.07 bits per heavy atom. The van der Waals surface area contributed by atoms with Crippen LogP contribution in [0, 0.1) is 0 Å². The zero-order chi connectivity index (χ0) is 9.97. The fraction of sp³-hybridized carbons (Fsp3) is 0.571. The molecule has 2 heterocycles. The Morgan fingerprint density at radius 2 is 2.43 bits per heavy atom. The first-order valence-electron chi connectivity index (χ1n) is 4.24. The van der Waals surface area contributed by atoms with Gasteiger partial charge in [-0.05, 0) is 17.2 Å². The molecule has 0 saturated heterocycles. The summed E-state index contributed by atoms with van der Waals surface area (Å²) in [7, 11) is 0. The molecule has 14 heavy (non-hydrogen) atoms. The Kier molecular flexibility index (Phi) is 2.32. The summed E-state index contributed by atoms with van der Waals surface area (Å²) in [5.74, 6) is 0.212. The highest BCUT2D eigenvalue weighted by Crippen LogP contribution is 2.18. The van der Waals surface area contributed by atoms with Crippen LogP contribution in [0.3, 0.4) is 0 Å². The molecule has 1 atom stereocenters. The minimum absolute atomic E-state index is 0.212. The van der Waals surface area contributed by atoms with Crippen LogP contribution in [-0.4, -0.2) is 28.9 Å². The summed E-state index contributed by atoms with van der Waals surface area (Å²) in [5, 5.41) is 10.8. The third-order valence-corrected chi connectivity index (χ3v) is 1.78. The number of aromatic nitrogens is 2. The smallest absolute Gasteiger partial charge is 0.232 e. The molecule has 7 nitrogen and oxygen atoms in total. The van der Waals surface area contributed by atoms with Gasteiger partial charge in [0.2, 0.25) is 6.29 Å². The van der Waals surface area contributed by atoms with E-state index in [1.54, 1.807) is 0 Å². The van der Waals surface area contributed by atoms with Gasteiger partial charge in [0.25, 0.3) is 0 Å². The second kappa shape index (κ2) is 3.62. The second-order valence-electron chi connectivity index (χ2n) is 2.73. The van der Waals surface area contributed by atoms with Crippen molar-refractivity contribution >= 4 is 11.5 Å². The molecule has 0 saturated carbocycles. The summed E-state index contributed by atoms with van der Waals surface area (Å²) in [4.78, 5) is 4.99. The predicted octanol–water partition coefficient (Wildman–Crippen LogP) is 0.139. The van der Waals surface area contributed by atoms with Crippen molar-refractivity contribution in [3.8, 4) is 0 Å². The topological polar surface area (TPSA) is 95.8 Å². The van der Waals surface area contributed by atoms with Crippen molar-refractivity contribution < 1.29 is 14.2 Å². The van der Waals surface area contributed by atoms with Gasteiger partial charge in [-0.1, -0.05) is 5.16 Å². The molecule has 1 aromatic rings. The second-order valence-corrected chi connectivity index (χ2v) is 2.73. The summed E-state index contributed by atoms with van der Waals surface area (Å²) in [6.07, 6.45) is 0.151. The molecule has 0 aliphatic carbocycles. The first-order chi connectivity index (χ1) is 6.81. The van der Waals surface area contributed by atoms with Crippen LogP contribution in [0.4, 0.5) is 5.82 Å². The average molecular weight is 198 g/mol. The molecule has 2 rings (SSSR count). The van der Waals surface area contributed by atoms with E-state index in [4.69, 9.17) is 15.3 Å². The van der Waals surface area contributed by atoms with Crippen molar-refractivity contribution in [2.45, 2.75) is 19.6 Å². The van der Waals surface area contributed by atoms with Crippen molar-refractivity contribution in [3.63, 3.8) is 0 Å². The molecule has 0 aromatic carbocycles. The molecular weight excluding hydrogens is 188 g/mol. The van der Waals surface area contributed by atoms with Gasteiger partial charge >= 0.3 is 0 Å². The van der Waals surface area contributed by atoms with Gasteiger partial charge in [-0.3, -0.25) is 0 Å². The summed E-state index contributed by atoms with van der Waals surface area (Å²) in [6.45, 7) is 2.45. The van der Waals surface area contributed by atoms with Gasteiger partial charge in [0.05, 0.1) is 6.42 Å². The lowest BCUT2D eigenvalue weighted by atomic mass is 10.2. The van der Waals surface area contributed by atoms with E-state index < -0.39 is 0 Å². The number of hydrogen-bond donors (Lipinski definition) is 1. The van der Waals surface area contributed by atoms with E-state index in [0.29, 0.717) is 24.4 Å². The van der Waals surface area contributed by atoms with E-state index in [1.807, 2.05) is 6.92 Å². The van der Waals surface area contributed by atoms with E-state index in [1.165, 1.54) is 0 Å². The van der Waals surface area contributed by atoms with E-state index >= 15 is 0 Å². The molecule has 0 fully saturated rings. The standard InChI is InChI=1S/C7H10N4O3/c1-2-12-5-3-4(9-13-5)6-7(8)11-14-10-6/h5H,2-3H2,1H3,(H2,8,11). The highest BCUT2D eigenvalue weighted by atomic mass is 16.8. The molecule has 0 radical (unpaired) electrons. The number of nitrogens with two attached hydrogens (primary N) is 1. The lowest BCUT2D eigenvalue weighted by Crippen LogP contribution is -2.13. The van der Waals surface area contributed by atoms with Crippen LogP contribution in [0.15, 0.2) is 9.78 Å². The van der Waals surface area contributed by atoms with Gasteiger partial charge in [0.15, 0.2) is 11.5 Å². The monoisotopic (exact) mass is 198 g/mol. The Bertz CT molecular complexity index is 348. The first-order valence-corrected chi connectivity index (χ1v) is 4.24. The number of hydrogen-bond acceptors (Lipinski definition) is 7. The molecule has 0 amide bonds. The molecule has 1 aromatic heterocycles. The number of anilines is 1. The van der Waals surface area contributed by atoms with Crippen LogP contribution >= 0.6 is 0 Å². The lowest BCUT2D eigenvalue weighted by molar-refractivity contribution is -0.120. The molecular formula is C7H10N4O3. The van der Waals surface area contributed by atoms with E-state index in [9.17, 15) is 0 Å². The van der Waals surface area contributed by atoms with Crippen molar-refractivity contribution in [1.29, 1.82) is 0 Å². The summed E-state index contributed by atoms with van der Waals surface area (Å²) in [5.41, 5.74) is 6.52. The highest BCUT2D eigenvalue weighted by molar-refractivity contribution is 6.02. The van der Waals surface area contributed by atoms with Crippen LogP contribution in [-0.2, 0) is 9.57 Å². The van der Waals surface area contributed by atoms with Crippen molar-refractivity contribution in [3.05, 3.63) is 5.69 Å². The maximum absolute atomic E-state index is 5.50. The third-order valence-electron chi connectivity index (χ3n) is 1.78. The van der Waals surface area contributed by atoms with Gasteiger partial charge in [0.1, 0.15) is 5.71 Å². The highest BCUT2D eigenvalue weighted by Gasteiger charge is 2.26. The van der Waals surface area contributed by atoms with Gasteiger partial charge < -0.3 is 15.3 Å². The lowest BCUT2D eigenvalue weighted by Gasteiger charge is -2.05.